The first kappa shape index (κ1) is 21.3. The van der Waals surface area contributed by atoms with Crippen molar-refractivity contribution >= 4 is 29.1 Å². The number of nitrogens with one attached hydrogen (secondary N) is 1. The van der Waals surface area contributed by atoms with Gasteiger partial charge in [-0.05, 0) is 73.7 Å². The molecule has 2 aromatic rings. The molecule has 3 atom stereocenters. The number of benzene rings is 2. The smallest absolute Gasteiger partial charge is 0.258 e. The van der Waals surface area contributed by atoms with E-state index in [1.807, 2.05) is 24.3 Å². The van der Waals surface area contributed by atoms with E-state index in [2.05, 4.69) is 10.2 Å². The van der Waals surface area contributed by atoms with E-state index in [9.17, 15) is 4.79 Å². The van der Waals surface area contributed by atoms with E-state index in [1.54, 1.807) is 24.3 Å². The molecule has 1 amide bonds. The Bertz CT molecular complexity index is 845. The van der Waals surface area contributed by atoms with Crippen LogP contribution in [-0.4, -0.2) is 49.2 Å². The fraction of sp³-hybridized carbons (Fsp3) is 0.435. The van der Waals surface area contributed by atoms with Crippen molar-refractivity contribution in [2.45, 2.75) is 31.3 Å². The van der Waals surface area contributed by atoms with Crippen molar-refractivity contribution < 1.29 is 14.3 Å². The highest BCUT2D eigenvalue weighted by Crippen LogP contribution is 2.37. The molecule has 5 nitrogen and oxygen atoms in total. The number of likely N-dealkylation sites (tertiary alicyclic amines) is 1. The average Bonchev–Trinajstić information content (AvgIpc) is 3.32. The van der Waals surface area contributed by atoms with Crippen LogP contribution in [0.5, 0.6) is 11.5 Å². The van der Waals surface area contributed by atoms with Crippen LogP contribution in [0, 0.1) is 5.92 Å². The second kappa shape index (κ2) is 9.90. The Hall–Kier alpha value is -1.95. The zero-order chi connectivity index (χ0) is 20.9. The van der Waals surface area contributed by atoms with E-state index in [0.29, 0.717) is 34.4 Å². The molecule has 1 heterocycles. The second-order valence-corrected chi connectivity index (χ2v) is 8.83. The van der Waals surface area contributed by atoms with Gasteiger partial charge in [-0.3, -0.25) is 9.69 Å². The first-order valence-electron chi connectivity index (χ1n) is 10.4. The van der Waals surface area contributed by atoms with Gasteiger partial charge in [-0.15, -0.1) is 0 Å². The molecule has 2 bridgehead atoms. The first-order chi connectivity index (χ1) is 14.6. The Kier molecular flexibility index (Phi) is 7.03. The van der Waals surface area contributed by atoms with Crippen LogP contribution in [0.2, 0.25) is 10.0 Å². The van der Waals surface area contributed by atoms with Gasteiger partial charge in [0.1, 0.15) is 11.5 Å². The van der Waals surface area contributed by atoms with Crippen molar-refractivity contribution in [2.24, 2.45) is 5.92 Å². The van der Waals surface area contributed by atoms with Crippen LogP contribution in [0.25, 0.3) is 0 Å². The fourth-order valence-electron chi connectivity index (χ4n) is 4.41. The number of halogens is 2. The monoisotopic (exact) mass is 448 g/mol. The lowest BCUT2D eigenvalue weighted by Gasteiger charge is -2.31. The molecule has 1 saturated heterocycles. The van der Waals surface area contributed by atoms with E-state index < -0.39 is 0 Å². The minimum atomic E-state index is -0.0644. The van der Waals surface area contributed by atoms with Crippen molar-refractivity contribution in [1.82, 2.24) is 10.2 Å². The molecule has 30 heavy (non-hydrogen) atoms. The Morgan fingerprint density at radius 3 is 2.20 bits per heavy atom. The molecule has 2 aromatic carbocycles. The lowest BCUT2D eigenvalue weighted by atomic mass is 10.0. The van der Waals surface area contributed by atoms with Crippen molar-refractivity contribution in [1.29, 1.82) is 0 Å². The lowest BCUT2D eigenvalue weighted by molar-refractivity contribution is -0.124. The second-order valence-electron chi connectivity index (χ2n) is 7.95. The van der Waals surface area contributed by atoms with Crippen LogP contribution < -0.4 is 14.8 Å². The van der Waals surface area contributed by atoms with Crippen LogP contribution in [0.4, 0.5) is 0 Å². The standard InChI is InChI=1S/C23H26Cl2N2O3/c24-17-2-6-20(7-3-17)29-11-1-10-27-14-16-12-19(27)13-22(16)26-23(28)15-30-21-8-4-18(25)5-9-21/h2-9,16,19,22H,1,10-15H2,(H,26,28). The summed E-state index contributed by atoms with van der Waals surface area (Å²) in [5, 5.41) is 4.52. The maximum Gasteiger partial charge on any atom is 0.258 e. The van der Waals surface area contributed by atoms with Crippen molar-refractivity contribution in [2.75, 3.05) is 26.3 Å². The molecule has 1 saturated carbocycles. The van der Waals surface area contributed by atoms with Gasteiger partial charge in [-0.2, -0.15) is 0 Å². The number of nitrogens with zero attached hydrogens (tertiary/aromatic N) is 1. The predicted octanol–water partition coefficient (Wildman–Crippen LogP) is 4.42. The third kappa shape index (κ3) is 5.60. The number of ether oxygens (including phenoxy) is 2. The SMILES string of the molecule is O=C(COc1ccc(Cl)cc1)NC1CC2CC1CN2CCCOc1ccc(Cl)cc1. The summed E-state index contributed by atoms with van der Waals surface area (Å²) in [5.41, 5.74) is 0. The molecule has 0 spiro atoms. The molecule has 0 radical (unpaired) electrons. The normalized spacial score (nSPS) is 22.8. The summed E-state index contributed by atoms with van der Waals surface area (Å²) >= 11 is 11.7. The van der Waals surface area contributed by atoms with Gasteiger partial charge < -0.3 is 14.8 Å². The topological polar surface area (TPSA) is 50.8 Å². The number of piperidine rings is 1. The van der Waals surface area contributed by atoms with Crippen LogP contribution in [0.3, 0.4) is 0 Å². The highest BCUT2D eigenvalue weighted by atomic mass is 35.5. The minimum Gasteiger partial charge on any atom is -0.494 e. The number of carbonyl (C=O) groups excluding carboxylic acids is 1. The number of hydrogen-bond donors (Lipinski definition) is 1. The van der Waals surface area contributed by atoms with E-state index in [4.69, 9.17) is 32.7 Å². The molecular weight excluding hydrogens is 423 g/mol. The molecular formula is C23H26Cl2N2O3. The molecule has 0 aromatic heterocycles. The zero-order valence-electron chi connectivity index (χ0n) is 16.7. The van der Waals surface area contributed by atoms with Crippen LogP contribution in [0.1, 0.15) is 19.3 Å². The molecule has 2 aliphatic rings. The first-order valence-corrected chi connectivity index (χ1v) is 11.1. The third-order valence-corrected chi connectivity index (χ3v) is 6.36. The Balaban J connectivity index is 1.13. The van der Waals surface area contributed by atoms with Gasteiger partial charge in [0.15, 0.2) is 6.61 Å². The van der Waals surface area contributed by atoms with Gasteiger partial charge in [0.2, 0.25) is 0 Å². The van der Waals surface area contributed by atoms with Crippen molar-refractivity contribution in [3.8, 4) is 11.5 Å². The van der Waals surface area contributed by atoms with Gasteiger partial charge in [0, 0.05) is 35.2 Å². The molecule has 1 aliphatic heterocycles. The van der Waals surface area contributed by atoms with Gasteiger partial charge in [-0.1, -0.05) is 23.2 Å². The number of fused-ring (bicyclic) bond motifs is 2. The lowest BCUT2D eigenvalue weighted by Crippen LogP contribution is -2.47. The number of rotatable bonds is 9. The number of hydrogen-bond acceptors (Lipinski definition) is 4. The van der Waals surface area contributed by atoms with Crippen LogP contribution >= 0.6 is 23.2 Å². The summed E-state index contributed by atoms with van der Waals surface area (Å²) in [6, 6.07) is 15.3. The Morgan fingerprint density at radius 2 is 1.60 bits per heavy atom. The van der Waals surface area contributed by atoms with Crippen LogP contribution in [0.15, 0.2) is 48.5 Å². The zero-order valence-corrected chi connectivity index (χ0v) is 18.2. The quantitative estimate of drug-likeness (QED) is 0.576. The average molecular weight is 449 g/mol. The minimum absolute atomic E-state index is 0.0290. The van der Waals surface area contributed by atoms with Gasteiger partial charge >= 0.3 is 0 Å². The Morgan fingerprint density at radius 1 is 0.967 bits per heavy atom. The van der Waals surface area contributed by atoms with Gasteiger partial charge in [0.05, 0.1) is 6.61 Å². The van der Waals surface area contributed by atoms with E-state index >= 15 is 0 Å². The summed E-state index contributed by atoms with van der Waals surface area (Å²) in [6.45, 7) is 2.78. The number of amides is 1. The summed E-state index contributed by atoms with van der Waals surface area (Å²) in [7, 11) is 0. The Labute approximate surface area is 187 Å². The van der Waals surface area contributed by atoms with Gasteiger partial charge in [-0.25, -0.2) is 0 Å². The summed E-state index contributed by atoms with van der Waals surface area (Å²) in [5.74, 6) is 1.96. The summed E-state index contributed by atoms with van der Waals surface area (Å²) in [4.78, 5) is 14.8. The van der Waals surface area contributed by atoms with Crippen LogP contribution in [-0.2, 0) is 4.79 Å². The van der Waals surface area contributed by atoms with Crippen molar-refractivity contribution in [3.63, 3.8) is 0 Å². The van der Waals surface area contributed by atoms with E-state index in [-0.39, 0.29) is 18.6 Å². The molecule has 2 fully saturated rings. The molecule has 160 valence electrons. The molecule has 4 rings (SSSR count). The number of carbonyl (C=O) groups is 1. The van der Waals surface area contributed by atoms with E-state index in [0.717, 1.165) is 38.1 Å². The molecule has 3 unspecified atom stereocenters. The molecule has 1 aliphatic carbocycles. The molecule has 1 N–H and O–H groups in total. The summed E-state index contributed by atoms with van der Waals surface area (Å²) in [6.07, 6.45) is 3.15. The molecule has 7 heteroatoms. The van der Waals surface area contributed by atoms with E-state index in [1.165, 1.54) is 0 Å². The van der Waals surface area contributed by atoms with Gasteiger partial charge in [0.25, 0.3) is 5.91 Å². The highest BCUT2D eigenvalue weighted by molar-refractivity contribution is 6.30. The van der Waals surface area contributed by atoms with Crippen molar-refractivity contribution in [3.05, 3.63) is 58.6 Å². The third-order valence-electron chi connectivity index (χ3n) is 5.86. The maximum absolute atomic E-state index is 12.3. The maximum atomic E-state index is 12.3. The summed E-state index contributed by atoms with van der Waals surface area (Å²) < 4.78 is 11.3. The fourth-order valence-corrected chi connectivity index (χ4v) is 4.66. The highest BCUT2D eigenvalue weighted by Gasteiger charge is 2.44. The predicted molar refractivity (Wildman–Crippen MR) is 119 cm³/mol. The largest absolute Gasteiger partial charge is 0.494 e.